The number of amides is 1. The topological polar surface area (TPSA) is 158 Å². The van der Waals surface area contributed by atoms with Crippen molar-refractivity contribution in [3.8, 4) is 17.2 Å². The normalized spacial score (nSPS) is 15.2. The van der Waals surface area contributed by atoms with Gasteiger partial charge in [0, 0.05) is 73.2 Å². The van der Waals surface area contributed by atoms with Gasteiger partial charge in [0.05, 0.1) is 47.8 Å². The summed E-state index contributed by atoms with van der Waals surface area (Å²) >= 11 is 0. The number of ether oxygens (including phenoxy) is 1. The molecule has 59 heavy (non-hydrogen) atoms. The molecule has 0 aliphatic carbocycles. The molecular formula is C44H44FN9O5. The molecular weight excluding hydrogens is 754 g/mol. The Kier molecular flexibility index (Phi) is 9.42. The summed E-state index contributed by atoms with van der Waals surface area (Å²) in [6.45, 7) is 6.93. The average Bonchev–Trinajstić information content (AvgIpc) is 4.01. The number of nitrogens with one attached hydrogen (secondary N) is 1. The lowest BCUT2D eigenvalue weighted by Gasteiger charge is -2.28. The van der Waals surface area contributed by atoms with E-state index in [-0.39, 0.29) is 29.7 Å². The largest absolute Gasteiger partial charge is 0.481 e. The number of aliphatic carboxylic acids is 1. The highest BCUT2D eigenvalue weighted by Crippen LogP contribution is 2.35. The van der Waals surface area contributed by atoms with Crippen molar-refractivity contribution in [3.05, 3.63) is 123 Å². The third-order valence-corrected chi connectivity index (χ3v) is 12.0. The van der Waals surface area contributed by atoms with Crippen molar-refractivity contribution in [3.63, 3.8) is 0 Å². The van der Waals surface area contributed by atoms with Gasteiger partial charge in [-0.2, -0.15) is 10.2 Å². The van der Waals surface area contributed by atoms with Crippen molar-refractivity contribution in [2.75, 3.05) is 19.8 Å². The van der Waals surface area contributed by atoms with E-state index in [1.54, 1.807) is 74.9 Å². The van der Waals surface area contributed by atoms with Crippen LogP contribution in [0.4, 0.5) is 4.39 Å². The number of nitrogens with zero attached hydrogens (tertiary/aromatic N) is 8. The van der Waals surface area contributed by atoms with Crippen molar-refractivity contribution in [1.29, 1.82) is 5.41 Å². The lowest BCUT2D eigenvalue weighted by molar-refractivity contribution is -0.135. The molecule has 2 N–H and O–H groups in total. The summed E-state index contributed by atoms with van der Waals surface area (Å²) in [7, 11) is 1.86. The first-order valence-corrected chi connectivity index (χ1v) is 19.8. The Labute approximate surface area is 338 Å². The summed E-state index contributed by atoms with van der Waals surface area (Å²) in [5, 5.41) is 29.4. The van der Waals surface area contributed by atoms with Gasteiger partial charge in [-0.3, -0.25) is 23.4 Å². The second-order valence-electron chi connectivity index (χ2n) is 15.7. The van der Waals surface area contributed by atoms with Gasteiger partial charge in [-0.25, -0.2) is 13.9 Å². The summed E-state index contributed by atoms with van der Waals surface area (Å²) in [4.78, 5) is 42.8. The minimum atomic E-state index is -1.12. The van der Waals surface area contributed by atoms with Crippen molar-refractivity contribution in [2.24, 2.45) is 7.05 Å². The molecule has 0 radical (unpaired) electrons. The van der Waals surface area contributed by atoms with Gasteiger partial charge in [-0.05, 0) is 105 Å². The molecule has 1 atom stereocenters. The molecule has 15 heteroatoms. The van der Waals surface area contributed by atoms with E-state index in [9.17, 15) is 23.9 Å². The molecule has 0 saturated carbocycles. The quantitative estimate of drug-likeness (QED) is 0.157. The molecule has 7 aromatic rings. The van der Waals surface area contributed by atoms with Crippen LogP contribution in [0.15, 0.2) is 78.0 Å². The Morgan fingerprint density at radius 3 is 2.44 bits per heavy atom. The number of imidazole rings is 1. The molecule has 0 unspecified atom stereocenters. The van der Waals surface area contributed by atoms with Gasteiger partial charge < -0.3 is 24.7 Å². The zero-order valence-corrected chi connectivity index (χ0v) is 33.3. The first kappa shape index (κ1) is 37.9. The first-order valence-electron chi connectivity index (χ1n) is 19.8. The van der Waals surface area contributed by atoms with Gasteiger partial charge in [0.25, 0.3) is 5.91 Å². The van der Waals surface area contributed by atoms with E-state index < -0.39 is 18.4 Å². The molecule has 2 aliphatic rings. The van der Waals surface area contributed by atoms with Gasteiger partial charge in [0.1, 0.15) is 17.3 Å². The fourth-order valence-electron chi connectivity index (χ4n) is 8.79. The number of hydrogen-bond donors (Lipinski definition) is 2. The molecule has 6 heterocycles. The number of carboxylic acid groups (broad SMARTS) is 1. The Hall–Kier alpha value is -6.61. The lowest BCUT2D eigenvalue weighted by Crippen LogP contribution is -2.38. The molecule has 9 rings (SSSR count). The highest BCUT2D eigenvalue weighted by atomic mass is 19.1. The van der Waals surface area contributed by atoms with Gasteiger partial charge in [-0.1, -0.05) is 6.07 Å². The van der Waals surface area contributed by atoms with Crippen LogP contribution in [-0.2, 0) is 29.5 Å². The van der Waals surface area contributed by atoms with Gasteiger partial charge in [0.2, 0.25) is 0 Å². The number of aromatic nitrogens is 7. The number of halogens is 1. The third kappa shape index (κ3) is 6.55. The maximum absolute atomic E-state index is 15.0. The first-order chi connectivity index (χ1) is 28.4. The summed E-state index contributed by atoms with van der Waals surface area (Å²) in [6.07, 6.45) is 6.83. The number of rotatable bonds is 9. The van der Waals surface area contributed by atoms with Crippen LogP contribution in [0.25, 0.3) is 39.0 Å². The van der Waals surface area contributed by atoms with E-state index in [1.165, 1.54) is 4.57 Å². The van der Waals surface area contributed by atoms with E-state index in [0.717, 1.165) is 40.2 Å². The summed E-state index contributed by atoms with van der Waals surface area (Å²) < 4.78 is 28.8. The minimum absolute atomic E-state index is 0.0292. The van der Waals surface area contributed by atoms with Crippen molar-refractivity contribution in [2.45, 2.75) is 65.0 Å². The molecule has 3 aromatic carbocycles. The zero-order chi connectivity index (χ0) is 41.3. The zero-order valence-electron chi connectivity index (χ0n) is 33.3. The minimum Gasteiger partial charge on any atom is -0.481 e. The second kappa shape index (κ2) is 14.6. The van der Waals surface area contributed by atoms with E-state index in [2.05, 4.69) is 17.2 Å². The molecule has 0 bridgehead atoms. The van der Waals surface area contributed by atoms with Gasteiger partial charge >= 0.3 is 11.7 Å². The summed E-state index contributed by atoms with van der Waals surface area (Å²) in [5.41, 5.74) is 6.22. The van der Waals surface area contributed by atoms with Crippen LogP contribution in [0.3, 0.4) is 0 Å². The Morgan fingerprint density at radius 2 is 1.69 bits per heavy atom. The fourth-order valence-corrected chi connectivity index (χ4v) is 8.79. The number of fused-ring (bicyclic) bond motifs is 3. The number of hydrogen-bond acceptors (Lipinski definition) is 7. The van der Waals surface area contributed by atoms with Crippen LogP contribution >= 0.6 is 0 Å². The Bertz CT molecular complexity index is 2880. The maximum Gasteiger partial charge on any atom is 0.338 e. The highest BCUT2D eigenvalue weighted by molar-refractivity contribution is 6.03. The SMILES string of the molecule is Cc1cc(-n2nc3c(c2-n2ccn(-c4ccc5c(cnn5C)c4)c2=O)CN(C(=O)c2cc4cc(C5CCOCC5)ccc4n2[C@H](C)C(=N)CC(=O)O)CC3)cc(C)c1F. The van der Waals surface area contributed by atoms with Crippen molar-refractivity contribution in [1.82, 2.24) is 38.2 Å². The molecule has 4 aromatic heterocycles. The van der Waals surface area contributed by atoms with Crippen LogP contribution in [-0.4, -0.2) is 80.6 Å². The van der Waals surface area contributed by atoms with E-state index in [1.807, 2.05) is 37.4 Å². The number of carbonyl (C=O) groups excluding carboxylic acids is 1. The molecule has 0 spiro atoms. The van der Waals surface area contributed by atoms with Crippen LogP contribution in [0, 0.1) is 25.1 Å². The summed E-state index contributed by atoms with van der Waals surface area (Å²) in [5.74, 6) is -0.976. The predicted octanol–water partition coefficient (Wildman–Crippen LogP) is 6.56. The van der Waals surface area contributed by atoms with Crippen LogP contribution in [0.2, 0.25) is 0 Å². The smallest absolute Gasteiger partial charge is 0.338 e. The van der Waals surface area contributed by atoms with Crippen molar-refractivity contribution < 1.29 is 23.8 Å². The van der Waals surface area contributed by atoms with E-state index in [4.69, 9.17) is 15.2 Å². The van der Waals surface area contributed by atoms with E-state index in [0.29, 0.717) is 77.4 Å². The summed E-state index contributed by atoms with van der Waals surface area (Å²) in [6, 6.07) is 16.3. The Balaban J connectivity index is 1.15. The van der Waals surface area contributed by atoms with Crippen LogP contribution < -0.4 is 5.69 Å². The molecule has 1 saturated heterocycles. The monoisotopic (exact) mass is 797 g/mol. The number of carbonyl (C=O) groups is 2. The van der Waals surface area contributed by atoms with Gasteiger partial charge in [0.15, 0.2) is 0 Å². The number of carboxylic acids is 1. The standard InChI is InChI=1S/C44H44FN9O5/c1-25-17-33(18-26(2)41(25)45)54-42(52-14-13-51(44(52)58)32-6-8-37-31(20-32)23-47-49(37)4)34-24-50(12-9-36(34)48-54)43(57)39-21-30-19-29(28-10-15-59-16-11-28)5-7-38(30)53(39)27(3)35(46)22-40(55)56/h5-8,13-14,17-21,23,27-28,46H,9-12,15-16,22,24H2,1-4H3,(H,55,56)/t27-/m1/s1. The van der Waals surface area contributed by atoms with Crippen LogP contribution in [0.5, 0.6) is 0 Å². The van der Waals surface area contributed by atoms with E-state index >= 15 is 0 Å². The second-order valence-corrected chi connectivity index (χ2v) is 15.7. The van der Waals surface area contributed by atoms with Crippen molar-refractivity contribution >= 4 is 39.4 Å². The maximum atomic E-state index is 15.0. The Morgan fingerprint density at radius 1 is 0.966 bits per heavy atom. The van der Waals surface area contributed by atoms with Gasteiger partial charge in [-0.15, -0.1) is 0 Å². The fraction of sp³-hybridized carbons (Fsp3) is 0.318. The molecule has 14 nitrogen and oxygen atoms in total. The van der Waals surface area contributed by atoms with Crippen LogP contribution in [0.1, 0.15) is 76.6 Å². The predicted molar refractivity (Wildman–Crippen MR) is 220 cm³/mol. The highest BCUT2D eigenvalue weighted by Gasteiger charge is 2.33. The molecule has 1 amide bonds. The average molecular weight is 798 g/mol. The third-order valence-electron chi connectivity index (χ3n) is 12.0. The molecule has 1 fully saturated rings. The lowest BCUT2D eigenvalue weighted by atomic mass is 9.91. The molecule has 2 aliphatic heterocycles. The molecule has 302 valence electrons. The number of benzene rings is 3. The number of aryl methyl sites for hydroxylation is 3.